The van der Waals surface area contributed by atoms with Crippen molar-refractivity contribution in [1.29, 1.82) is 5.26 Å². The highest BCUT2D eigenvalue weighted by Gasteiger charge is 2.27. The molecule has 0 aliphatic carbocycles. The van der Waals surface area contributed by atoms with Crippen molar-refractivity contribution in [3.05, 3.63) is 29.6 Å². The molecule has 20 heavy (non-hydrogen) atoms. The van der Waals surface area contributed by atoms with Gasteiger partial charge in [0.1, 0.15) is 17.4 Å². The molecule has 1 aromatic rings. The average Bonchev–Trinajstić information content (AvgIpc) is 2.63. The van der Waals surface area contributed by atoms with Crippen molar-refractivity contribution < 1.29 is 4.39 Å². The third kappa shape index (κ3) is 3.12. The van der Waals surface area contributed by atoms with Crippen LogP contribution in [-0.4, -0.2) is 13.1 Å². The molecular formula is C17H23FN2. The molecule has 1 aliphatic heterocycles. The van der Waals surface area contributed by atoms with Crippen LogP contribution in [-0.2, 0) is 0 Å². The third-order valence-electron chi connectivity index (χ3n) is 4.40. The van der Waals surface area contributed by atoms with Crippen LogP contribution in [0, 0.1) is 28.5 Å². The lowest BCUT2D eigenvalue weighted by atomic mass is 9.77. The number of halogens is 1. The summed E-state index contributed by atoms with van der Waals surface area (Å²) >= 11 is 0. The lowest BCUT2D eigenvalue weighted by molar-refractivity contribution is 0.220. The largest absolute Gasteiger partial charge is 0.370 e. The van der Waals surface area contributed by atoms with Gasteiger partial charge in [-0.2, -0.15) is 5.26 Å². The SMILES string of the molecule is CC(C)(C)C1CCCN(c2cccc(F)c2C#N)CC1. The fourth-order valence-electron chi connectivity index (χ4n) is 3.09. The van der Waals surface area contributed by atoms with Gasteiger partial charge in [0, 0.05) is 13.1 Å². The van der Waals surface area contributed by atoms with Crippen LogP contribution in [0.4, 0.5) is 10.1 Å². The Kier molecular flexibility index (Phi) is 4.32. The molecule has 0 saturated carbocycles. The van der Waals surface area contributed by atoms with Gasteiger partial charge >= 0.3 is 0 Å². The Bertz CT molecular complexity index is 511. The van der Waals surface area contributed by atoms with Crippen molar-refractivity contribution in [3.63, 3.8) is 0 Å². The molecule has 1 aromatic carbocycles. The lowest BCUT2D eigenvalue weighted by Gasteiger charge is -2.30. The Morgan fingerprint density at radius 1 is 1.25 bits per heavy atom. The average molecular weight is 274 g/mol. The molecule has 1 atom stereocenters. The summed E-state index contributed by atoms with van der Waals surface area (Å²) in [6.45, 7) is 8.67. The van der Waals surface area contributed by atoms with Crippen LogP contribution in [0.5, 0.6) is 0 Å². The van der Waals surface area contributed by atoms with Gasteiger partial charge in [-0.25, -0.2) is 4.39 Å². The minimum atomic E-state index is -0.415. The molecule has 2 rings (SSSR count). The Hall–Kier alpha value is -1.56. The Morgan fingerprint density at radius 2 is 2.00 bits per heavy atom. The fourth-order valence-corrected chi connectivity index (χ4v) is 3.09. The molecule has 1 fully saturated rings. The monoisotopic (exact) mass is 274 g/mol. The minimum Gasteiger partial charge on any atom is -0.370 e. The summed E-state index contributed by atoms with van der Waals surface area (Å²) in [6, 6.07) is 6.92. The van der Waals surface area contributed by atoms with Crippen LogP contribution >= 0.6 is 0 Å². The normalized spacial score (nSPS) is 20.4. The zero-order valence-corrected chi connectivity index (χ0v) is 12.6. The number of nitriles is 1. The van der Waals surface area contributed by atoms with Crippen LogP contribution in [0.3, 0.4) is 0 Å². The number of anilines is 1. The summed E-state index contributed by atoms with van der Waals surface area (Å²) in [7, 11) is 0. The highest BCUT2D eigenvalue weighted by molar-refractivity contribution is 5.59. The molecule has 1 unspecified atom stereocenters. The van der Waals surface area contributed by atoms with E-state index < -0.39 is 5.82 Å². The third-order valence-corrected chi connectivity index (χ3v) is 4.40. The van der Waals surface area contributed by atoms with E-state index in [-0.39, 0.29) is 5.56 Å². The molecule has 2 nitrogen and oxygen atoms in total. The molecule has 0 aromatic heterocycles. The van der Waals surface area contributed by atoms with Gasteiger partial charge in [0.15, 0.2) is 0 Å². The second-order valence-corrected chi connectivity index (χ2v) is 6.73. The van der Waals surface area contributed by atoms with Gasteiger partial charge in [-0.05, 0) is 42.7 Å². The Balaban J connectivity index is 2.20. The highest BCUT2D eigenvalue weighted by atomic mass is 19.1. The minimum absolute atomic E-state index is 0.182. The molecule has 0 spiro atoms. The molecule has 0 amide bonds. The quantitative estimate of drug-likeness (QED) is 0.761. The predicted octanol–water partition coefficient (Wildman–Crippen LogP) is 4.35. The summed E-state index contributed by atoms with van der Waals surface area (Å²) in [6.07, 6.45) is 3.41. The first-order valence-electron chi connectivity index (χ1n) is 7.37. The van der Waals surface area contributed by atoms with Gasteiger partial charge in [-0.15, -0.1) is 0 Å². The van der Waals surface area contributed by atoms with Crippen molar-refractivity contribution in [2.24, 2.45) is 11.3 Å². The molecule has 0 N–H and O–H groups in total. The Labute approximate surface area is 121 Å². The van der Waals surface area contributed by atoms with E-state index in [0.29, 0.717) is 11.3 Å². The van der Waals surface area contributed by atoms with Crippen molar-refractivity contribution in [2.75, 3.05) is 18.0 Å². The molecular weight excluding hydrogens is 251 g/mol. The molecule has 0 radical (unpaired) electrons. The van der Waals surface area contributed by atoms with E-state index in [4.69, 9.17) is 5.26 Å². The molecule has 108 valence electrons. The Morgan fingerprint density at radius 3 is 2.65 bits per heavy atom. The van der Waals surface area contributed by atoms with Crippen molar-refractivity contribution in [2.45, 2.75) is 40.0 Å². The fraction of sp³-hybridized carbons (Fsp3) is 0.588. The van der Waals surface area contributed by atoms with Crippen molar-refractivity contribution in [1.82, 2.24) is 0 Å². The molecule has 3 heteroatoms. The van der Waals surface area contributed by atoms with E-state index >= 15 is 0 Å². The maximum Gasteiger partial charge on any atom is 0.143 e. The van der Waals surface area contributed by atoms with Gasteiger partial charge in [-0.1, -0.05) is 26.8 Å². The zero-order valence-electron chi connectivity index (χ0n) is 12.6. The first-order valence-corrected chi connectivity index (χ1v) is 7.37. The lowest BCUT2D eigenvalue weighted by Crippen LogP contribution is -2.26. The van der Waals surface area contributed by atoms with E-state index in [1.54, 1.807) is 6.07 Å². The second kappa shape index (κ2) is 5.83. The van der Waals surface area contributed by atoms with Gasteiger partial charge < -0.3 is 4.90 Å². The van der Waals surface area contributed by atoms with Gasteiger partial charge in [-0.3, -0.25) is 0 Å². The standard InChI is InChI=1S/C17H23FN2/c1-17(2,3)13-6-5-10-20(11-9-13)16-8-4-7-15(18)14(16)12-19/h4,7-8,13H,5-6,9-11H2,1-3H3. The predicted molar refractivity (Wildman–Crippen MR) is 80.1 cm³/mol. The molecule has 1 heterocycles. The zero-order chi connectivity index (χ0) is 14.8. The molecule has 1 aliphatic rings. The topological polar surface area (TPSA) is 27.0 Å². The number of hydrogen-bond donors (Lipinski definition) is 0. The first kappa shape index (κ1) is 14.8. The summed E-state index contributed by atoms with van der Waals surface area (Å²) in [5, 5.41) is 9.16. The van der Waals surface area contributed by atoms with Crippen molar-refractivity contribution >= 4 is 5.69 Å². The van der Waals surface area contributed by atoms with Gasteiger partial charge in [0.2, 0.25) is 0 Å². The smallest absolute Gasteiger partial charge is 0.143 e. The van der Waals surface area contributed by atoms with E-state index in [1.165, 1.54) is 12.5 Å². The van der Waals surface area contributed by atoms with Crippen molar-refractivity contribution in [3.8, 4) is 6.07 Å². The van der Waals surface area contributed by atoms with Crippen LogP contribution < -0.4 is 4.90 Å². The summed E-state index contributed by atoms with van der Waals surface area (Å²) in [4.78, 5) is 2.17. The van der Waals surface area contributed by atoms with Gasteiger partial charge in [0.25, 0.3) is 0 Å². The van der Waals surface area contributed by atoms with Crippen LogP contribution in [0.1, 0.15) is 45.6 Å². The number of nitrogens with zero attached hydrogens (tertiary/aromatic N) is 2. The maximum atomic E-state index is 13.7. The number of benzene rings is 1. The number of hydrogen-bond acceptors (Lipinski definition) is 2. The second-order valence-electron chi connectivity index (χ2n) is 6.73. The number of rotatable bonds is 1. The van der Waals surface area contributed by atoms with Gasteiger partial charge in [0.05, 0.1) is 5.69 Å². The first-order chi connectivity index (χ1) is 9.43. The summed E-state index contributed by atoms with van der Waals surface area (Å²) in [5.41, 5.74) is 1.25. The summed E-state index contributed by atoms with van der Waals surface area (Å²) in [5.74, 6) is 0.271. The highest BCUT2D eigenvalue weighted by Crippen LogP contribution is 2.35. The van der Waals surface area contributed by atoms with Crippen LogP contribution in [0.15, 0.2) is 18.2 Å². The van der Waals surface area contributed by atoms with E-state index in [1.807, 2.05) is 12.1 Å². The molecule has 0 bridgehead atoms. The van der Waals surface area contributed by atoms with E-state index in [2.05, 4.69) is 25.7 Å². The van der Waals surface area contributed by atoms with E-state index in [0.717, 1.165) is 31.6 Å². The summed E-state index contributed by atoms with van der Waals surface area (Å²) < 4.78 is 13.7. The maximum absolute atomic E-state index is 13.7. The van der Waals surface area contributed by atoms with Crippen LogP contribution in [0.2, 0.25) is 0 Å². The molecule has 1 saturated heterocycles. The van der Waals surface area contributed by atoms with E-state index in [9.17, 15) is 4.39 Å². The van der Waals surface area contributed by atoms with Crippen LogP contribution in [0.25, 0.3) is 0 Å².